The molecule has 0 aromatic heterocycles. The second-order valence-corrected chi connectivity index (χ2v) is 6.62. The van der Waals surface area contributed by atoms with Crippen molar-refractivity contribution in [3.63, 3.8) is 0 Å². The van der Waals surface area contributed by atoms with Crippen molar-refractivity contribution in [2.24, 2.45) is 0 Å². The topological polar surface area (TPSA) is 46.5 Å². The molecule has 2 rings (SSSR count). The Labute approximate surface area is 147 Å². The van der Waals surface area contributed by atoms with Crippen LogP contribution in [0.5, 0.6) is 5.75 Å². The van der Waals surface area contributed by atoms with Crippen LogP contribution in [0.2, 0.25) is 0 Å². The first-order valence-electron chi connectivity index (χ1n) is 7.53. The predicted octanol–water partition coefficient (Wildman–Crippen LogP) is 5.46. The first-order valence-corrected chi connectivity index (χ1v) is 8.34. The lowest BCUT2D eigenvalue weighted by Gasteiger charge is -2.13. The fraction of sp³-hybridized carbons (Fsp3) is 0.278. The van der Waals surface area contributed by atoms with Gasteiger partial charge in [-0.3, -0.25) is 4.79 Å². The van der Waals surface area contributed by atoms with Crippen molar-refractivity contribution in [3.05, 3.63) is 59.7 Å². The molecule has 0 radical (unpaired) electrons. The van der Waals surface area contributed by atoms with Crippen molar-refractivity contribution in [1.82, 2.24) is 0 Å². The van der Waals surface area contributed by atoms with Crippen LogP contribution in [-0.2, 0) is 11.4 Å². The molecule has 7 heteroatoms. The standard InChI is InChI=1S/C18H17F3O3S/c1-12(10-17(22)23)13-6-8-15(9-7-13)24-11-14-4-2-3-5-16(14)25-18(19,20)21/h2-9,12H,10-11H2,1H3,(H,22,23). The molecule has 25 heavy (non-hydrogen) atoms. The third-order valence-corrected chi connectivity index (χ3v) is 4.37. The molecule has 0 amide bonds. The first kappa shape index (κ1) is 19.2. The molecule has 0 bridgehead atoms. The molecule has 0 aliphatic heterocycles. The van der Waals surface area contributed by atoms with Gasteiger partial charge in [0.2, 0.25) is 0 Å². The Bertz CT molecular complexity index is 714. The minimum absolute atomic E-state index is 0.0171. The highest BCUT2D eigenvalue weighted by molar-refractivity contribution is 8.00. The molecule has 1 unspecified atom stereocenters. The van der Waals surface area contributed by atoms with E-state index >= 15 is 0 Å². The number of benzene rings is 2. The molecule has 0 aliphatic rings. The van der Waals surface area contributed by atoms with E-state index in [0.717, 1.165) is 5.56 Å². The molecule has 0 saturated heterocycles. The number of carboxylic acid groups (broad SMARTS) is 1. The molecular weight excluding hydrogens is 353 g/mol. The number of alkyl halides is 3. The average molecular weight is 370 g/mol. The SMILES string of the molecule is CC(CC(=O)O)c1ccc(OCc2ccccc2SC(F)(F)F)cc1. The zero-order valence-corrected chi connectivity index (χ0v) is 14.2. The smallest absolute Gasteiger partial charge is 0.446 e. The van der Waals surface area contributed by atoms with Crippen molar-refractivity contribution in [2.45, 2.75) is 36.3 Å². The number of thioether (sulfide) groups is 1. The summed E-state index contributed by atoms with van der Waals surface area (Å²) in [7, 11) is 0. The van der Waals surface area contributed by atoms with Gasteiger partial charge in [-0.1, -0.05) is 37.3 Å². The second kappa shape index (κ2) is 8.29. The minimum Gasteiger partial charge on any atom is -0.489 e. The lowest BCUT2D eigenvalue weighted by Crippen LogP contribution is -2.04. The van der Waals surface area contributed by atoms with Crippen molar-refractivity contribution in [2.75, 3.05) is 0 Å². The van der Waals surface area contributed by atoms with E-state index < -0.39 is 11.5 Å². The maximum Gasteiger partial charge on any atom is 0.446 e. The van der Waals surface area contributed by atoms with Gasteiger partial charge in [-0.05, 0) is 41.4 Å². The minimum atomic E-state index is -4.35. The van der Waals surface area contributed by atoms with Crippen LogP contribution < -0.4 is 4.74 Å². The molecule has 0 saturated carbocycles. The van der Waals surface area contributed by atoms with Crippen LogP contribution in [0.25, 0.3) is 0 Å². The van der Waals surface area contributed by atoms with E-state index in [0.29, 0.717) is 11.3 Å². The highest BCUT2D eigenvalue weighted by Crippen LogP contribution is 2.38. The van der Waals surface area contributed by atoms with Crippen LogP contribution in [0.3, 0.4) is 0 Å². The zero-order chi connectivity index (χ0) is 18.4. The molecule has 0 fully saturated rings. The van der Waals surface area contributed by atoms with Gasteiger partial charge in [-0.15, -0.1) is 0 Å². The number of hydrogen-bond acceptors (Lipinski definition) is 3. The average Bonchev–Trinajstić information content (AvgIpc) is 2.52. The van der Waals surface area contributed by atoms with E-state index in [1.54, 1.807) is 42.5 Å². The number of hydrogen-bond donors (Lipinski definition) is 1. The third-order valence-electron chi connectivity index (χ3n) is 3.52. The summed E-state index contributed by atoms with van der Waals surface area (Å²) in [5, 5.41) is 8.81. The van der Waals surface area contributed by atoms with E-state index in [9.17, 15) is 18.0 Å². The lowest BCUT2D eigenvalue weighted by molar-refractivity contribution is -0.137. The van der Waals surface area contributed by atoms with E-state index in [1.165, 1.54) is 6.07 Å². The van der Waals surface area contributed by atoms with Crippen molar-refractivity contribution in [3.8, 4) is 5.75 Å². The van der Waals surface area contributed by atoms with Gasteiger partial charge in [-0.2, -0.15) is 13.2 Å². The fourth-order valence-corrected chi connectivity index (χ4v) is 2.93. The van der Waals surface area contributed by atoms with Gasteiger partial charge in [-0.25, -0.2) is 0 Å². The fourth-order valence-electron chi connectivity index (χ4n) is 2.28. The summed E-state index contributed by atoms with van der Waals surface area (Å²) in [5.41, 5.74) is -3.03. The van der Waals surface area contributed by atoms with Gasteiger partial charge in [0.1, 0.15) is 12.4 Å². The van der Waals surface area contributed by atoms with Gasteiger partial charge in [0.05, 0.1) is 6.42 Å². The summed E-state index contributed by atoms with van der Waals surface area (Å²) >= 11 is -0.161. The normalized spacial score (nSPS) is 12.6. The quantitative estimate of drug-likeness (QED) is 0.658. The van der Waals surface area contributed by atoms with Crippen LogP contribution in [-0.4, -0.2) is 16.6 Å². The Morgan fingerprint density at radius 3 is 2.40 bits per heavy atom. The van der Waals surface area contributed by atoms with Crippen molar-refractivity contribution >= 4 is 17.7 Å². The summed E-state index contributed by atoms with van der Waals surface area (Å²) in [6, 6.07) is 13.1. The summed E-state index contributed by atoms with van der Waals surface area (Å²) in [6.07, 6.45) is 0.0300. The summed E-state index contributed by atoms with van der Waals surface area (Å²) < 4.78 is 43.3. The Hall–Kier alpha value is -2.15. The predicted molar refractivity (Wildman–Crippen MR) is 89.8 cm³/mol. The molecular formula is C18H17F3O3S. The van der Waals surface area contributed by atoms with Crippen LogP contribution in [0.1, 0.15) is 30.4 Å². The van der Waals surface area contributed by atoms with Crippen molar-refractivity contribution in [1.29, 1.82) is 0 Å². The van der Waals surface area contributed by atoms with Gasteiger partial charge >= 0.3 is 11.5 Å². The van der Waals surface area contributed by atoms with Crippen molar-refractivity contribution < 1.29 is 27.8 Å². The van der Waals surface area contributed by atoms with Gasteiger partial charge in [0, 0.05) is 10.5 Å². The monoisotopic (exact) mass is 370 g/mol. The molecule has 0 heterocycles. The molecule has 3 nitrogen and oxygen atoms in total. The lowest BCUT2D eigenvalue weighted by atomic mass is 9.98. The Balaban J connectivity index is 2.01. The Morgan fingerprint density at radius 2 is 1.80 bits per heavy atom. The van der Waals surface area contributed by atoms with Gasteiger partial charge < -0.3 is 9.84 Å². The molecule has 2 aromatic rings. The molecule has 1 atom stereocenters. The van der Waals surface area contributed by atoms with Crippen LogP contribution in [0.15, 0.2) is 53.4 Å². The highest BCUT2D eigenvalue weighted by Gasteiger charge is 2.30. The van der Waals surface area contributed by atoms with Crippen LogP contribution in [0.4, 0.5) is 13.2 Å². The number of rotatable bonds is 7. The molecule has 0 spiro atoms. The summed E-state index contributed by atoms with van der Waals surface area (Å²) in [4.78, 5) is 10.8. The third kappa shape index (κ3) is 6.34. The van der Waals surface area contributed by atoms with Gasteiger partial charge in [0.15, 0.2) is 0 Å². The van der Waals surface area contributed by atoms with E-state index in [-0.39, 0.29) is 35.6 Å². The number of aliphatic carboxylic acids is 1. The highest BCUT2D eigenvalue weighted by atomic mass is 32.2. The Morgan fingerprint density at radius 1 is 1.16 bits per heavy atom. The van der Waals surface area contributed by atoms with Crippen LogP contribution >= 0.6 is 11.8 Å². The van der Waals surface area contributed by atoms with Crippen LogP contribution in [0, 0.1) is 0 Å². The molecule has 1 N–H and O–H groups in total. The number of ether oxygens (including phenoxy) is 1. The molecule has 0 aliphatic carbocycles. The number of carboxylic acids is 1. The second-order valence-electron chi connectivity index (χ2n) is 5.51. The van der Waals surface area contributed by atoms with E-state index in [2.05, 4.69) is 0 Å². The molecule has 2 aromatic carbocycles. The first-order chi connectivity index (χ1) is 11.7. The van der Waals surface area contributed by atoms with E-state index in [4.69, 9.17) is 9.84 Å². The van der Waals surface area contributed by atoms with E-state index in [1.807, 2.05) is 6.92 Å². The number of halogens is 3. The summed E-state index contributed by atoms with van der Waals surface area (Å²) in [6.45, 7) is 1.83. The van der Waals surface area contributed by atoms with Gasteiger partial charge in [0.25, 0.3) is 0 Å². The maximum absolute atomic E-state index is 12.6. The maximum atomic E-state index is 12.6. The molecule has 134 valence electrons. The summed E-state index contributed by atoms with van der Waals surface area (Å²) in [5.74, 6) is -0.486. The zero-order valence-electron chi connectivity index (χ0n) is 13.4. The number of carbonyl (C=O) groups is 1. The Kier molecular flexibility index (Phi) is 6.36. The largest absolute Gasteiger partial charge is 0.489 e.